The van der Waals surface area contributed by atoms with Crippen LogP contribution in [-0.4, -0.2) is 40.6 Å². The molecule has 0 aliphatic carbocycles. The molecule has 8 nitrogen and oxygen atoms in total. The predicted octanol–water partition coefficient (Wildman–Crippen LogP) is 2.58. The van der Waals surface area contributed by atoms with E-state index in [0.717, 1.165) is 5.56 Å². The molecule has 1 atom stereocenters. The highest BCUT2D eigenvalue weighted by Gasteiger charge is 2.40. The molecular formula is C23H26N4O4S. The molecule has 32 heavy (non-hydrogen) atoms. The van der Waals surface area contributed by atoms with Crippen LogP contribution in [0.3, 0.4) is 0 Å². The first-order valence-electron chi connectivity index (χ1n) is 10.4. The highest BCUT2D eigenvalue weighted by molar-refractivity contribution is 7.89. The highest BCUT2D eigenvalue weighted by Crippen LogP contribution is 2.27. The van der Waals surface area contributed by atoms with Gasteiger partial charge in [-0.2, -0.15) is 4.31 Å². The predicted molar refractivity (Wildman–Crippen MR) is 122 cm³/mol. The van der Waals surface area contributed by atoms with Crippen LogP contribution in [0.2, 0.25) is 0 Å². The number of sulfonamides is 1. The zero-order valence-electron chi connectivity index (χ0n) is 18.3. The van der Waals surface area contributed by atoms with Crippen LogP contribution in [0.1, 0.15) is 24.1 Å². The van der Waals surface area contributed by atoms with Gasteiger partial charge in [0.2, 0.25) is 15.9 Å². The fourth-order valence-corrected chi connectivity index (χ4v) is 5.71. The lowest BCUT2D eigenvalue weighted by atomic mass is 10.2. The molecule has 9 heteroatoms. The summed E-state index contributed by atoms with van der Waals surface area (Å²) in [6.45, 7) is 3.88. The van der Waals surface area contributed by atoms with E-state index in [1.165, 1.54) is 8.99 Å². The summed E-state index contributed by atoms with van der Waals surface area (Å²) < 4.78 is 30.7. The Hall–Kier alpha value is -3.17. The van der Waals surface area contributed by atoms with Crippen molar-refractivity contribution in [3.63, 3.8) is 0 Å². The Morgan fingerprint density at radius 2 is 1.69 bits per heavy atom. The molecule has 1 fully saturated rings. The largest absolute Gasteiger partial charge is 0.319 e. The van der Waals surface area contributed by atoms with Gasteiger partial charge in [0.25, 0.3) is 5.56 Å². The monoisotopic (exact) mass is 454 g/mol. The van der Waals surface area contributed by atoms with Crippen LogP contribution in [-0.2, 0) is 21.9 Å². The second kappa shape index (κ2) is 8.40. The topological polar surface area (TPSA) is 93.4 Å². The van der Waals surface area contributed by atoms with Gasteiger partial charge in [0.1, 0.15) is 11.7 Å². The first-order chi connectivity index (χ1) is 15.2. The molecule has 0 saturated carbocycles. The van der Waals surface area contributed by atoms with Crippen molar-refractivity contribution in [3.8, 4) is 5.69 Å². The van der Waals surface area contributed by atoms with Crippen LogP contribution in [0.25, 0.3) is 5.69 Å². The molecule has 1 unspecified atom stereocenters. The van der Waals surface area contributed by atoms with E-state index >= 15 is 0 Å². The fourth-order valence-electron chi connectivity index (χ4n) is 4.05. The number of rotatable bonds is 5. The number of hydrogen-bond donors (Lipinski definition) is 1. The smallest absolute Gasteiger partial charge is 0.295 e. The Kier molecular flexibility index (Phi) is 5.79. The maximum Gasteiger partial charge on any atom is 0.295 e. The first kappa shape index (κ1) is 22.0. The van der Waals surface area contributed by atoms with Gasteiger partial charge in [0, 0.05) is 13.6 Å². The minimum absolute atomic E-state index is 0.154. The van der Waals surface area contributed by atoms with Crippen LogP contribution in [0.5, 0.6) is 0 Å². The molecule has 1 aromatic heterocycles. The standard InChI is InChI=1S/C23H26N4O4S/c1-16-11-13-19(14-12-16)32(30,31)26-15-7-10-20(26)22(28)24-21-17(2)25(3)27(23(21)29)18-8-5-4-6-9-18/h4-6,8-9,11-14,20H,7,10,15H2,1-3H3,(H,24,28). The average molecular weight is 455 g/mol. The third-order valence-corrected chi connectivity index (χ3v) is 7.86. The third kappa shape index (κ3) is 3.78. The van der Waals surface area contributed by atoms with Crippen molar-refractivity contribution in [1.29, 1.82) is 0 Å². The molecular weight excluding hydrogens is 428 g/mol. The first-order valence-corrected chi connectivity index (χ1v) is 11.9. The number of aryl methyl sites for hydroxylation is 1. The van der Waals surface area contributed by atoms with E-state index in [1.807, 2.05) is 25.1 Å². The quantitative estimate of drug-likeness (QED) is 0.641. The number of benzene rings is 2. The number of anilines is 1. The van der Waals surface area contributed by atoms with E-state index in [4.69, 9.17) is 0 Å². The Labute approximate surface area is 187 Å². The molecule has 0 radical (unpaired) electrons. The van der Waals surface area contributed by atoms with Crippen molar-refractivity contribution in [1.82, 2.24) is 13.7 Å². The molecule has 1 N–H and O–H groups in total. The van der Waals surface area contributed by atoms with E-state index in [1.54, 1.807) is 55.1 Å². The van der Waals surface area contributed by atoms with Crippen molar-refractivity contribution in [2.45, 2.75) is 37.6 Å². The van der Waals surface area contributed by atoms with Crippen LogP contribution < -0.4 is 10.9 Å². The van der Waals surface area contributed by atoms with Crippen molar-refractivity contribution < 1.29 is 13.2 Å². The second-order valence-corrected chi connectivity index (χ2v) is 9.90. The van der Waals surface area contributed by atoms with Gasteiger partial charge in [-0.05, 0) is 51.0 Å². The van der Waals surface area contributed by atoms with Gasteiger partial charge < -0.3 is 5.32 Å². The van der Waals surface area contributed by atoms with Gasteiger partial charge in [0.15, 0.2) is 0 Å². The summed E-state index contributed by atoms with van der Waals surface area (Å²) >= 11 is 0. The number of para-hydroxylation sites is 1. The van der Waals surface area contributed by atoms with Crippen LogP contribution in [0.4, 0.5) is 5.69 Å². The maximum absolute atomic E-state index is 13.2. The molecule has 0 spiro atoms. The number of aromatic nitrogens is 2. The second-order valence-electron chi connectivity index (χ2n) is 8.01. The van der Waals surface area contributed by atoms with Gasteiger partial charge in [-0.15, -0.1) is 0 Å². The number of nitrogens with zero attached hydrogens (tertiary/aromatic N) is 3. The Bertz CT molecular complexity index is 1310. The van der Waals surface area contributed by atoms with Crippen LogP contribution >= 0.6 is 0 Å². The zero-order chi connectivity index (χ0) is 23.0. The highest BCUT2D eigenvalue weighted by atomic mass is 32.2. The SMILES string of the molecule is Cc1ccc(S(=O)(=O)N2CCCC2C(=O)Nc2c(C)n(C)n(-c3ccccc3)c2=O)cc1. The molecule has 3 aromatic rings. The summed E-state index contributed by atoms with van der Waals surface area (Å²) in [6, 6.07) is 14.8. The summed E-state index contributed by atoms with van der Waals surface area (Å²) in [4.78, 5) is 26.4. The Balaban J connectivity index is 1.63. The average Bonchev–Trinajstić information content (AvgIpc) is 3.35. The van der Waals surface area contributed by atoms with Gasteiger partial charge in [-0.3, -0.25) is 14.3 Å². The molecule has 2 aromatic carbocycles. The van der Waals surface area contributed by atoms with Gasteiger partial charge in [-0.1, -0.05) is 35.9 Å². The van der Waals surface area contributed by atoms with E-state index in [2.05, 4.69) is 5.32 Å². The van der Waals surface area contributed by atoms with Crippen LogP contribution in [0.15, 0.2) is 64.3 Å². The number of carbonyl (C=O) groups excluding carboxylic acids is 1. The molecule has 1 aliphatic heterocycles. The zero-order valence-corrected chi connectivity index (χ0v) is 19.1. The number of amides is 1. The minimum Gasteiger partial charge on any atom is -0.319 e. The van der Waals surface area contributed by atoms with Gasteiger partial charge in [-0.25, -0.2) is 13.1 Å². The van der Waals surface area contributed by atoms with E-state index in [-0.39, 0.29) is 22.7 Å². The fraction of sp³-hybridized carbons (Fsp3) is 0.304. The van der Waals surface area contributed by atoms with Gasteiger partial charge >= 0.3 is 0 Å². The lowest BCUT2D eigenvalue weighted by molar-refractivity contribution is -0.119. The number of hydrogen-bond acceptors (Lipinski definition) is 4. The summed E-state index contributed by atoms with van der Waals surface area (Å²) in [5.74, 6) is -0.496. The lowest BCUT2D eigenvalue weighted by Gasteiger charge is -2.23. The Morgan fingerprint density at radius 1 is 1.03 bits per heavy atom. The van der Waals surface area contributed by atoms with Crippen LogP contribution in [0, 0.1) is 13.8 Å². The summed E-state index contributed by atoms with van der Waals surface area (Å²) in [7, 11) is -2.08. The molecule has 1 amide bonds. The van der Waals surface area contributed by atoms with Crippen molar-refractivity contribution in [2.75, 3.05) is 11.9 Å². The Morgan fingerprint density at radius 3 is 2.34 bits per heavy atom. The van der Waals surface area contributed by atoms with Crippen molar-refractivity contribution in [3.05, 3.63) is 76.2 Å². The third-order valence-electron chi connectivity index (χ3n) is 5.94. The van der Waals surface area contributed by atoms with Crippen molar-refractivity contribution >= 4 is 21.6 Å². The number of nitrogens with one attached hydrogen (secondary N) is 1. The van der Waals surface area contributed by atoms with E-state index < -0.39 is 22.0 Å². The normalized spacial score (nSPS) is 16.9. The summed E-state index contributed by atoms with van der Waals surface area (Å²) in [5, 5.41) is 2.71. The van der Waals surface area contributed by atoms with E-state index in [9.17, 15) is 18.0 Å². The summed E-state index contributed by atoms with van der Waals surface area (Å²) in [5.41, 5.74) is 2.00. The molecule has 1 aliphatic rings. The molecule has 2 heterocycles. The van der Waals surface area contributed by atoms with Crippen molar-refractivity contribution in [2.24, 2.45) is 7.05 Å². The molecule has 0 bridgehead atoms. The van der Waals surface area contributed by atoms with E-state index in [0.29, 0.717) is 24.2 Å². The minimum atomic E-state index is -3.82. The number of carbonyl (C=O) groups is 1. The maximum atomic E-state index is 13.2. The summed E-state index contributed by atoms with van der Waals surface area (Å²) in [6.07, 6.45) is 0.973. The van der Waals surface area contributed by atoms with Gasteiger partial charge in [0.05, 0.1) is 16.3 Å². The lowest BCUT2D eigenvalue weighted by Crippen LogP contribution is -2.43. The molecule has 1 saturated heterocycles. The molecule has 168 valence electrons. The molecule has 4 rings (SSSR count).